The van der Waals surface area contributed by atoms with E-state index in [1.807, 2.05) is 19.9 Å². The third kappa shape index (κ3) is 8.93. The molecule has 0 radical (unpaired) electrons. The Morgan fingerprint density at radius 2 is 1.38 bits per heavy atom. The third-order valence-electron chi connectivity index (χ3n) is 5.97. The molecule has 0 heterocycles. The standard InChI is InChI=1S/C35H44O7/c1-12-14-24-20-25(31(40-22(3)4)27(15-13-2)30(24)42-33(38)35(8,9)10)21-28(39-11)29(36)23-16-18-26(19-17-23)41-32(37)34(5,6)7/h12-13,16-22H,1-2,14-15H2,3-11H3. The molecule has 0 aliphatic carbocycles. The molecule has 0 atom stereocenters. The van der Waals surface area contributed by atoms with Gasteiger partial charge >= 0.3 is 11.9 Å². The lowest BCUT2D eigenvalue weighted by molar-refractivity contribution is -0.143. The number of ketones is 1. The Morgan fingerprint density at radius 3 is 1.86 bits per heavy atom. The molecule has 0 aliphatic heterocycles. The molecule has 0 aromatic heterocycles. The molecule has 0 unspecified atom stereocenters. The van der Waals surface area contributed by atoms with Gasteiger partial charge in [-0.25, -0.2) is 0 Å². The summed E-state index contributed by atoms with van der Waals surface area (Å²) in [6, 6.07) is 8.11. The van der Waals surface area contributed by atoms with E-state index in [2.05, 4.69) is 13.2 Å². The van der Waals surface area contributed by atoms with Gasteiger partial charge in [0.15, 0.2) is 5.76 Å². The second kappa shape index (κ2) is 14.2. The predicted octanol–water partition coefficient (Wildman–Crippen LogP) is 7.70. The molecule has 0 aliphatic rings. The first-order valence-corrected chi connectivity index (χ1v) is 14.0. The summed E-state index contributed by atoms with van der Waals surface area (Å²) in [6.07, 6.45) is 5.58. The monoisotopic (exact) mass is 576 g/mol. The van der Waals surface area contributed by atoms with Gasteiger partial charge in [-0.2, -0.15) is 0 Å². The van der Waals surface area contributed by atoms with Gasteiger partial charge in [0, 0.05) is 16.7 Å². The molecule has 0 saturated heterocycles. The van der Waals surface area contributed by atoms with Crippen LogP contribution in [-0.2, 0) is 27.2 Å². The van der Waals surface area contributed by atoms with Crippen LogP contribution in [0.5, 0.6) is 17.2 Å². The second-order valence-electron chi connectivity index (χ2n) is 12.3. The number of carbonyl (C=O) groups is 3. The van der Waals surface area contributed by atoms with Crippen molar-refractivity contribution in [1.29, 1.82) is 0 Å². The molecule has 2 aromatic rings. The number of allylic oxidation sites excluding steroid dienone is 3. The van der Waals surface area contributed by atoms with Crippen molar-refractivity contribution in [3.8, 4) is 17.2 Å². The van der Waals surface area contributed by atoms with Crippen LogP contribution in [0.15, 0.2) is 61.4 Å². The highest BCUT2D eigenvalue weighted by atomic mass is 16.5. The van der Waals surface area contributed by atoms with Gasteiger partial charge < -0.3 is 18.9 Å². The van der Waals surface area contributed by atoms with Gasteiger partial charge in [0.1, 0.15) is 17.2 Å². The van der Waals surface area contributed by atoms with Crippen LogP contribution < -0.4 is 14.2 Å². The summed E-state index contributed by atoms with van der Waals surface area (Å²) < 4.78 is 23.2. The van der Waals surface area contributed by atoms with Crippen LogP contribution in [0.25, 0.3) is 6.08 Å². The molecule has 0 N–H and O–H groups in total. The Bertz CT molecular complexity index is 1350. The summed E-state index contributed by atoms with van der Waals surface area (Å²) in [5, 5.41) is 0. The van der Waals surface area contributed by atoms with Crippen LogP contribution >= 0.6 is 0 Å². The van der Waals surface area contributed by atoms with E-state index in [0.717, 1.165) is 0 Å². The van der Waals surface area contributed by atoms with Crippen LogP contribution in [0.1, 0.15) is 82.4 Å². The minimum atomic E-state index is -0.731. The zero-order valence-electron chi connectivity index (χ0n) is 26.4. The van der Waals surface area contributed by atoms with E-state index in [1.54, 1.807) is 84.0 Å². The Hall–Kier alpha value is -4.13. The Kier molecular flexibility index (Phi) is 11.5. The zero-order valence-corrected chi connectivity index (χ0v) is 26.4. The van der Waals surface area contributed by atoms with Crippen molar-refractivity contribution >= 4 is 23.8 Å². The van der Waals surface area contributed by atoms with Gasteiger partial charge in [-0.05, 0) is 110 Å². The largest absolute Gasteiger partial charge is 0.493 e. The van der Waals surface area contributed by atoms with E-state index < -0.39 is 10.8 Å². The first-order chi connectivity index (χ1) is 19.5. The van der Waals surface area contributed by atoms with Crippen molar-refractivity contribution < 1.29 is 33.3 Å². The molecule has 0 bridgehead atoms. The summed E-state index contributed by atoms with van der Waals surface area (Å²) in [6.45, 7) is 22.2. The molecular weight excluding hydrogens is 532 g/mol. The first kappa shape index (κ1) is 34.1. The van der Waals surface area contributed by atoms with E-state index in [1.165, 1.54) is 7.11 Å². The Labute approximate surface area is 250 Å². The van der Waals surface area contributed by atoms with Crippen molar-refractivity contribution in [2.75, 3.05) is 7.11 Å². The van der Waals surface area contributed by atoms with Crippen LogP contribution in [0, 0.1) is 10.8 Å². The number of methoxy groups -OCH3 is 1. The second-order valence-corrected chi connectivity index (χ2v) is 12.3. The lowest BCUT2D eigenvalue weighted by Crippen LogP contribution is -2.26. The minimum absolute atomic E-state index is 0.0663. The van der Waals surface area contributed by atoms with Crippen LogP contribution in [0.3, 0.4) is 0 Å². The number of hydrogen-bond acceptors (Lipinski definition) is 7. The smallest absolute Gasteiger partial charge is 0.316 e. The molecule has 42 heavy (non-hydrogen) atoms. The van der Waals surface area contributed by atoms with Gasteiger partial charge in [-0.3, -0.25) is 14.4 Å². The van der Waals surface area contributed by atoms with E-state index in [-0.39, 0.29) is 29.6 Å². The van der Waals surface area contributed by atoms with Gasteiger partial charge in [-0.1, -0.05) is 12.2 Å². The molecule has 2 aromatic carbocycles. The molecule has 7 heteroatoms. The fourth-order valence-electron chi connectivity index (χ4n) is 3.72. The van der Waals surface area contributed by atoms with Gasteiger partial charge in [0.2, 0.25) is 5.78 Å². The van der Waals surface area contributed by atoms with Crippen LogP contribution in [0.2, 0.25) is 0 Å². The maximum Gasteiger partial charge on any atom is 0.316 e. The SMILES string of the molecule is C=CCc1cc(C=C(OC)C(=O)c2ccc(OC(=O)C(C)(C)C)cc2)c(OC(C)C)c(CC=C)c1OC(=O)C(C)(C)C. The molecule has 7 nitrogen and oxygen atoms in total. The topological polar surface area (TPSA) is 88.1 Å². The molecule has 0 spiro atoms. The van der Waals surface area contributed by atoms with Crippen molar-refractivity contribution in [1.82, 2.24) is 0 Å². The van der Waals surface area contributed by atoms with Crippen molar-refractivity contribution in [2.45, 2.75) is 74.3 Å². The highest BCUT2D eigenvalue weighted by molar-refractivity contribution is 6.10. The quantitative estimate of drug-likeness (QED) is 0.0639. The number of benzene rings is 2. The maximum absolute atomic E-state index is 13.5. The van der Waals surface area contributed by atoms with Gasteiger partial charge in [-0.15, -0.1) is 13.2 Å². The number of hydrogen-bond donors (Lipinski definition) is 0. The maximum atomic E-state index is 13.5. The summed E-state index contributed by atoms with van der Waals surface area (Å²) in [5.74, 6) is 0.123. The Balaban J connectivity index is 2.67. The van der Waals surface area contributed by atoms with Crippen molar-refractivity contribution in [3.63, 3.8) is 0 Å². The lowest BCUT2D eigenvalue weighted by atomic mass is 9.95. The number of carbonyl (C=O) groups excluding carboxylic acids is 3. The fourth-order valence-corrected chi connectivity index (χ4v) is 3.72. The fraction of sp³-hybridized carbons (Fsp3) is 0.400. The average Bonchev–Trinajstić information content (AvgIpc) is 2.89. The average molecular weight is 577 g/mol. The third-order valence-corrected chi connectivity index (χ3v) is 5.97. The molecule has 0 fully saturated rings. The van der Waals surface area contributed by atoms with E-state index in [0.29, 0.717) is 52.3 Å². The van der Waals surface area contributed by atoms with Gasteiger partial charge in [0.25, 0.3) is 0 Å². The minimum Gasteiger partial charge on any atom is -0.493 e. The molecule has 0 amide bonds. The first-order valence-electron chi connectivity index (χ1n) is 14.0. The molecular formula is C35H44O7. The van der Waals surface area contributed by atoms with Crippen LogP contribution in [0.4, 0.5) is 0 Å². The summed E-state index contributed by atoms with van der Waals surface area (Å²) >= 11 is 0. The number of ether oxygens (including phenoxy) is 4. The molecule has 2 rings (SSSR count). The molecule has 0 saturated carbocycles. The normalized spacial score (nSPS) is 12.0. The predicted molar refractivity (Wildman–Crippen MR) is 166 cm³/mol. The molecule has 226 valence electrons. The number of esters is 2. The van der Waals surface area contributed by atoms with E-state index in [4.69, 9.17) is 18.9 Å². The summed E-state index contributed by atoms with van der Waals surface area (Å²) in [7, 11) is 1.42. The summed E-state index contributed by atoms with van der Waals surface area (Å²) in [5.41, 5.74) is 0.869. The van der Waals surface area contributed by atoms with E-state index >= 15 is 0 Å². The highest BCUT2D eigenvalue weighted by Gasteiger charge is 2.29. The van der Waals surface area contributed by atoms with E-state index in [9.17, 15) is 14.4 Å². The van der Waals surface area contributed by atoms with Crippen molar-refractivity contribution in [3.05, 3.63) is 83.7 Å². The Morgan fingerprint density at radius 1 is 0.833 bits per heavy atom. The highest BCUT2D eigenvalue weighted by Crippen LogP contribution is 2.40. The number of Topliss-reactive ketones (excluding diaryl/α,β-unsaturated/α-hetero) is 1. The lowest BCUT2D eigenvalue weighted by Gasteiger charge is -2.24. The van der Waals surface area contributed by atoms with Crippen molar-refractivity contribution in [2.24, 2.45) is 10.8 Å². The zero-order chi connectivity index (χ0) is 31.8. The van der Waals surface area contributed by atoms with Gasteiger partial charge in [0.05, 0.1) is 24.0 Å². The summed E-state index contributed by atoms with van der Waals surface area (Å²) in [4.78, 5) is 38.7. The van der Waals surface area contributed by atoms with Crippen LogP contribution in [-0.4, -0.2) is 30.9 Å². The number of rotatable bonds is 12.